The molecule has 4 nitrogen and oxygen atoms in total. The lowest BCUT2D eigenvalue weighted by Crippen LogP contribution is -2.45. The molecule has 1 unspecified atom stereocenters. The Morgan fingerprint density at radius 1 is 1.42 bits per heavy atom. The largest absolute Gasteiger partial charge is 0.354 e. The van der Waals surface area contributed by atoms with Crippen LogP contribution in [0, 0.1) is 0 Å². The molecule has 1 saturated heterocycles. The quantitative estimate of drug-likeness (QED) is 0.798. The number of fused-ring (bicyclic) bond motifs is 1. The molecule has 1 aliphatic rings. The van der Waals surface area contributed by atoms with Crippen LogP contribution >= 0.6 is 22.9 Å². The van der Waals surface area contributed by atoms with E-state index < -0.39 is 0 Å². The van der Waals surface area contributed by atoms with Gasteiger partial charge in [0.1, 0.15) is 10.6 Å². The van der Waals surface area contributed by atoms with Crippen molar-refractivity contribution in [2.24, 2.45) is 0 Å². The van der Waals surface area contributed by atoms with Crippen molar-refractivity contribution in [3.8, 4) is 0 Å². The molecular formula is C13H17ClN4S. The zero-order valence-electron chi connectivity index (χ0n) is 11.1. The fourth-order valence-electron chi connectivity index (χ4n) is 2.62. The van der Waals surface area contributed by atoms with E-state index >= 15 is 0 Å². The van der Waals surface area contributed by atoms with E-state index in [1.807, 2.05) is 5.38 Å². The molecule has 0 saturated carbocycles. The molecule has 2 aromatic rings. The van der Waals surface area contributed by atoms with Crippen molar-refractivity contribution >= 4 is 39.0 Å². The molecule has 0 N–H and O–H groups in total. The maximum atomic E-state index is 6.05. The van der Waals surface area contributed by atoms with Crippen LogP contribution in [0.4, 0.5) is 5.82 Å². The van der Waals surface area contributed by atoms with Gasteiger partial charge in [-0.25, -0.2) is 4.98 Å². The molecule has 3 heterocycles. The van der Waals surface area contributed by atoms with E-state index in [1.54, 1.807) is 11.3 Å². The Kier molecular flexibility index (Phi) is 3.60. The molecule has 1 fully saturated rings. The van der Waals surface area contributed by atoms with Gasteiger partial charge in [0.15, 0.2) is 0 Å². The Hall–Kier alpha value is -0.910. The van der Waals surface area contributed by atoms with Crippen LogP contribution < -0.4 is 4.90 Å². The first-order valence-electron chi connectivity index (χ1n) is 6.47. The third-order valence-corrected chi connectivity index (χ3v) is 4.68. The number of hydrogen-bond acceptors (Lipinski definition) is 5. The summed E-state index contributed by atoms with van der Waals surface area (Å²) in [5.74, 6) is 0.989. The molecule has 0 bridgehead atoms. The van der Waals surface area contributed by atoms with Gasteiger partial charge in [-0.05, 0) is 50.0 Å². The maximum Gasteiger partial charge on any atom is 0.225 e. The van der Waals surface area contributed by atoms with Crippen molar-refractivity contribution in [1.29, 1.82) is 0 Å². The minimum absolute atomic E-state index is 0.344. The Balaban J connectivity index is 1.97. The van der Waals surface area contributed by atoms with Gasteiger partial charge in [0.05, 0.1) is 5.39 Å². The zero-order valence-corrected chi connectivity index (χ0v) is 12.7. The molecule has 1 aliphatic heterocycles. The summed E-state index contributed by atoms with van der Waals surface area (Å²) >= 11 is 7.66. The van der Waals surface area contributed by atoms with Crippen molar-refractivity contribution in [3.63, 3.8) is 0 Å². The van der Waals surface area contributed by atoms with Gasteiger partial charge in [-0.1, -0.05) is 0 Å². The number of hydrogen-bond donors (Lipinski definition) is 0. The Morgan fingerprint density at radius 3 is 3.05 bits per heavy atom. The number of likely N-dealkylation sites (N-methyl/N-ethyl adjacent to an activating group) is 1. The van der Waals surface area contributed by atoms with Crippen molar-refractivity contribution < 1.29 is 0 Å². The molecule has 0 amide bonds. The molecule has 19 heavy (non-hydrogen) atoms. The molecule has 6 heteroatoms. The summed E-state index contributed by atoms with van der Waals surface area (Å²) in [5.41, 5.74) is 0. The number of thiophene rings is 1. The molecule has 0 spiro atoms. The van der Waals surface area contributed by atoms with Crippen molar-refractivity contribution in [3.05, 3.63) is 16.7 Å². The number of piperidine rings is 1. The third-order valence-electron chi connectivity index (χ3n) is 3.70. The highest BCUT2D eigenvalue weighted by atomic mass is 35.5. The second kappa shape index (κ2) is 5.23. The number of rotatable bonds is 2. The average molecular weight is 297 g/mol. The SMILES string of the molecule is CN(C)C1CCCN(c2nc(Cl)nc3sccc23)C1. The molecule has 3 rings (SSSR count). The van der Waals surface area contributed by atoms with Gasteiger partial charge in [0.25, 0.3) is 0 Å². The molecule has 0 aliphatic carbocycles. The summed E-state index contributed by atoms with van der Waals surface area (Å²) in [7, 11) is 4.28. The number of halogens is 1. The summed E-state index contributed by atoms with van der Waals surface area (Å²) in [6.45, 7) is 2.05. The van der Waals surface area contributed by atoms with E-state index in [2.05, 4.69) is 39.9 Å². The lowest BCUT2D eigenvalue weighted by molar-refractivity contribution is 0.257. The summed E-state index contributed by atoms with van der Waals surface area (Å²) < 4.78 is 0. The van der Waals surface area contributed by atoms with Crippen LogP contribution in [0.5, 0.6) is 0 Å². The van der Waals surface area contributed by atoms with Gasteiger partial charge in [0, 0.05) is 19.1 Å². The Bertz CT molecular complexity index is 583. The molecular weight excluding hydrogens is 280 g/mol. The van der Waals surface area contributed by atoms with Crippen LogP contribution in [0.1, 0.15) is 12.8 Å². The molecule has 0 radical (unpaired) electrons. The van der Waals surface area contributed by atoms with Crippen LogP contribution in [0.2, 0.25) is 5.28 Å². The Morgan fingerprint density at radius 2 is 2.26 bits per heavy atom. The fraction of sp³-hybridized carbons (Fsp3) is 0.538. The van der Waals surface area contributed by atoms with Gasteiger partial charge in [-0.3, -0.25) is 0 Å². The van der Waals surface area contributed by atoms with Gasteiger partial charge in [-0.2, -0.15) is 4.98 Å². The highest BCUT2D eigenvalue weighted by Crippen LogP contribution is 2.31. The fourth-order valence-corrected chi connectivity index (χ4v) is 3.60. The standard InChI is InChI=1S/C13H17ClN4S/c1-17(2)9-4-3-6-18(8-9)11-10-5-7-19-12(10)16-13(14)15-11/h5,7,9H,3-4,6,8H2,1-2H3. The predicted octanol–water partition coefficient (Wildman–Crippen LogP) is 2.88. The minimum Gasteiger partial charge on any atom is -0.354 e. The van der Waals surface area contributed by atoms with Gasteiger partial charge >= 0.3 is 0 Å². The van der Waals surface area contributed by atoms with E-state index in [0.717, 1.165) is 29.1 Å². The van der Waals surface area contributed by atoms with E-state index in [1.165, 1.54) is 12.8 Å². The Labute approximate surface area is 122 Å². The van der Waals surface area contributed by atoms with E-state index in [4.69, 9.17) is 11.6 Å². The highest BCUT2D eigenvalue weighted by molar-refractivity contribution is 7.16. The van der Waals surface area contributed by atoms with Crippen LogP contribution in [0.3, 0.4) is 0 Å². The number of aromatic nitrogens is 2. The van der Waals surface area contributed by atoms with Crippen molar-refractivity contribution in [1.82, 2.24) is 14.9 Å². The molecule has 2 aromatic heterocycles. The second-order valence-corrected chi connectivity index (χ2v) is 6.39. The maximum absolute atomic E-state index is 6.05. The lowest BCUT2D eigenvalue weighted by Gasteiger charge is -2.37. The first kappa shape index (κ1) is 13.1. The zero-order chi connectivity index (χ0) is 13.4. The van der Waals surface area contributed by atoms with Crippen LogP contribution in [-0.4, -0.2) is 48.1 Å². The second-order valence-electron chi connectivity index (χ2n) is 5.16. The first-order chi connectivity index (χ1) is 9.15. The van der Waals surface area contributed by atoms with Gasteiger partial charge in [0.2, 0.25) is 5.28 Å². The summed E-state index contributed by atoms with van der Waals surface area (Å²) in [6, 6.07) is 2.67. The topological polar surface area (TPSA) is 32.3 Å². The number of nitrogens with zero attached hydrogens (tertiary/aromatic N) is 4. The van der Waals surface area contributed by atoms with Gasteiger partial charge in [-0.15, -0.1) is 11.3 Å². The highest BCUT2D eigenvalue weighted by Gasteiger charge is 2.24. The predicted molar refractivity (Wildman–Crippen MR) is 81.3 cm³/mol. The monoisotopic (exact) mass is 296 g/mol. The summed E-state index contributed by atoms with van der Waals surface area (Å²) in [6.07, 6.45) is 2.44. The van der Waals surface area contributed by atoms with Crippen molar-refractivity contribution in [2.45, 2.75) is 18.9 Å². The first-order valence-corrected chi connectivity index (χ1v) is 7.73. The molecule has 0 aromatic carbocycles. The van der Waals surface area contributed by atoms with E-state index in [9.17, 15) is 0 Å². The van der Waals surface area contributed by atoms with Crippen LogP contribution in [-0.2, 0) is 0 Å². The average Bonchev–Trinajstić information content (AvgIpc) is 2.85. The van der Waals surface area contributed by atoms with Crippen LogP contribution in [0.25, 0.3) is 10.2 Å². The smallest absolute Gasteiger partial charge is 0.225 e. The van der Waals surface area contributed by atoms with E-state index in [-0.39, 0.29) is 0 Å². The number of anilines is 1. The van der Waals surface area contributed by atoms with Gasteiger partial charge < -0.3 is 9.80 Å². The normalized spacial score (nSPS) is 20.4. The summed E-state index contributed by atoms with van der Waals surface area (Å²) in [5, 5.41) is 3.51. The minimum atomic E-state index is 0.344. The van der Waals surface area contributed by atoms with Crippen molar-refractivity contribution in [2.75, 3.05) is 32.1 Å². The van der Waals surface area contributed by atoms with Crippen LogP contribution in [0.15, 0.2) is 11.4 Å². The lowest BCUT2D eigenvalue weighted by atomic mass is 10.0. The third kappa shape index (κ3) is 2.55. The summed E-state index contributed by atoms with van der Waals surface area (Å²) in [4.78, 5) is 14.3. The molecule has 102 valence electrons. The van der Waals surface area contributed by atoms with E-state index in [0.29, 0.717) is 11.3 Å². The molecule has 1 atom stereocenters.